The van der Waals surface area contributed by atoms with Crippen molar-refractivity contribution in [2.24, 2.45) is 0 Å². The summed E-state index contributed by atoms with van der Waals surface area (Å²) in [6.45, 7) is 4.03. The monoisotopic (exact) mass is 320 g/mol. The van der Waals surface area contributed by atoms with Crippen LogP contribution in [0.3, 0.4) is 0 Å². The highest BCUT2D eigenvalue weighted by Gasteiger charge is 2.12. The summed E-state index contributed by atoms with van der Waals surface area (Å²) in [6, 6.07) is 6.95. The first kappa shape index (κ1) is 16.2. The highest BCUT2D eigenvalue weighted by Crippen LogP contribution is 2.30. The summed E-state index contributed by atoms with van der Waals surface area (Å²) in [5, 5.41) is 0.496. The summed E-state index contributed by atoms with van der Waals surface area (Å²) in [7, 11) is 1.31. The first-order valence-electron chi connectivity index (χ1n) is 6.92. The van der Waals surface area contributed by atoms with Crippen LogP contribution < -0.4 is 4.74 Å². The fourth-order valence-electron chi connectivity index (χ4n) is 1.79. The van der Waals surface area contributed by atoms with Crippen LogP contribution in [0.4, 0.5) is 0 Å². The molecule has 0 amide bonds. The Morgan fingerprint density at radius 3 is 2.73 bits per heavy atom. The summed E-state index contributed by atoms with van der Waals surface area (Å²) in [5.41, 5.74) is 1.56. The van der Waals surface area contributed by atoms with Gasteiger partial charge in [-0.2, -0.15) is 0 Å². The van der Waals surface area contributed by atoms with E-state index in [1.54, 1.807) is 18.2 Å². The number of hydrogen-bond donors (Lipinski definition) is 0. The highest BCUT2D eigenvalue weighted by atomic mass is 35.5. The predicted octanol–water partition coefficient (Wildman–Crippen LogP) is 3.76. The summed E-state index contributed by atoms with van der Waals surface area (Å²) < 4.78 is 10.4. The van der Waals surface area contributed by atoms with Crippen molar-refractivity contribution in [1.29, 1.82) is 0 Å². The molecule has 0 spiro atoms. The Hall–Kier alpha value is -2.14. The Morgan fingerprint density at radius 2 is 2.09 bits per heavy atom. The molecule has 1 atom stereocenters. The molecule has 0 aliphatic carbocycles. The molecular formula is C16H17ClN2O3. The van der Waals surface area contributed by atoms with E-state index in [-0.39, 0.29) is 11.8 Å². The lowest BCUT2D eigenvalue weighted by Gasteiger charge is -2.14. The standard InChI is InChI=1S/C16H17ClN2O3/c1-4-10(2)22-15-6-5-11(7-12(15)17)13-8-14(16(20)21-3)19-9-18-13/h5-10H,4H2,1-3H3. The van der Waals surface area contributed by atoms with Crippen LogP contribution in [0.2, 0.25) is 5.02 Å². The number of aromatic nitrogens is 2. The maximum absolute atomic E-state index is 11.5. The van der Waals surface area contributed by atoms with E-state index in [1.165, 1.54) is 13.4 Å². The minimum atomic E-state index is -0.508. The van der Waals surface area contributed by atoms with Crippen LogP contribution in [-0.4, -0.2) is 29.2 Å². The highest BCUT2D eigenvalue weighted by molar-refractivity contribution is 6.32. The summed E-state index contributed by atoms with van der Waals surface area (Å²) in [5.74, 6) is 0.119. The number of hydrogen-bond acceptors (Lipinski definition) is 5. The quantitative estimate of drug-likeness (QED) is 0.785. The van der Waals surface area contributed by atoms with Gasteiger partial charge in [0.15, 0.2) is 5.69 Å². The number of nitrogens with zero attached hydrogens (tertiary/aromatic N) is 2. The van der Waals surface area contributed by atoms with Crippen LogP contribution in [0.25, 0.3) is 11.3 Å². The second kappa shape index (κ2) is 7.22. The molecule has 0 N–H and O–H groups in total. The normalized spacial score (nSPS) is 11.8. The van der Waals surface area contributed by atoms with Crippen molar-refractivity contribution >= 4 is 17.6 Å². The van der Waals surface area contributed by atoms with E-state index < -0.39 is 5.97 Å². The third-order valence-corrected chi connectivity index (χ3v) is 3.49. The maximum Gasteiger partial charge on any atom is 0.356 e. The van der Waals surface area contributed by atoms with Crippen molar-refractivity contribution in [2.75, 3.05) is 7.11 Å². The van der Waals surface area contributed by atoms with Gasteiger partial charge in [-0.1, -0.05) is 18.5 Å². The Labute approximate surface area is 134 Å². The third kappa shape index (κ3) is 3.74. The first-order chi connectivity index (χ1) is 10.5. The van der Waals surface area contributed by atoms with Crippen LogP contribution >= 0.6 is 11.6 Å². The van der Waals surface area contributed by atoms with E-state index in [0.717, 1.165) is 12.0 Å². The first-order valence-corrected chi connectivity index (χ1v) is 7.29. The average molecular weight is 321 g/mol. The Morgan fingerprint density at radius 1 is 1.32 bits per heavy atom. The van der Waals surface area contributed by atoms with Gasteiger partial charge in [0, 0.05) is 5.56 Å². The summed E-state index contributed by atoms with van der Waals surface area (Å²) in [6.07, 6.45) is 2.30. The van der Waals surface area contributed by atoms with Crippen molar-refractivity contribution in [3.05, 3.63) is 41.3 Å². The number of esters is 1. The van der Waals surface area contributed by atoms with Gasteiger partial charge in [-0.15, -0.1) is 0 Å². The van der Waals surface area contributed by atoms with Crippen LogP contribution in [0.1, 0.15) is 30.8 Å². The van der Waals surface area contributed by atoms with Gasteiger partial charge >= 0.3 is 5.97 Å². The largest absolute Gasteiger partial charge is 0.489 e. The smallest absolute Gasteiger partial charge is 0.356 e. The molecule has 1 aromatic heterocycles. The molecule has 1 heterocycles. The topological polar surface area (TPSA) is 61.3 Å². The van der Waals surface area contributed by atoms with Crippen LogP contribution in [0.5, 0.6) is 5.75 Å². The molecule has 2 aromatic rings. The van der Waals surface area contributed by atoms with E-state index in [2.05, 4.69) is 14.7 Å². The van der Waals surface area contributed by atoms with Crippen molar-refractivity contribution < 1.29 is 14.3 Å². The van der Waals surface area contributed by atoms with Gasteiger partial charge in [-0.3, -0.25) is 0 Å². The number of rotatable bonds is 5. The molecule has 116 valence electrons. The van der Waals surface area contributed by atoms with Crippen molar-refractivity contribution in [2.45, 2.75) is 26.4 Å². The lowest BCUT2D eigenvalue weighted by atomic mass is 10.1. The van der Waals surface area contributed by atoms with Gasteiger partial charge < -0.3 is 9.47 Å². The second-order valence-corrected chi connectivity index (χ2v) is 5.17. The van der Waals surface area contributed by atoms with Crippen molar-refractivity contribution in [3.63, 3.8) is 0 Å². The average Bonchev–Trinajstić information content (AvgIpc) is 2.55. The fraction of sp³-hybridized carbons (Fsp3) is 0.312. The van der Waals surface area contributed by atoms with Gasteiger partial charge in [0.2, 0.25) is 0 Å². The molecule has 0 saturated heterocycles. The lowest BCUT2D eigenvalue weighted by Crippen LogP contribution is -2.09. The minimum absolute atomic E-state index is 0.0910. The molecule has 0 bridgehead atoms. The molecule has 0 aliphatic rings. The lowest BCUT2D eigenvalue weighted by molar-refractivity contribution is 0.0594. The zero-order chi connectivity index (χ0) is 16.1. The molecule has 1 unspecified atom stereocenters. The Kier molecular flexibility index (Phi) is 5.33. The zero-order valence-corrected chi connectivity index (χ0v) is 13.4. The molecule has 22 heavy (non-hydrogen) atoms. The van der Waals surface area contributed by atoms with E-state index in [4.69, 9.17) is 16.3 Å². The molecule has 5 nitrogen and oxygen atoms in total. The van der Waals surface area contributed by atoms with Gasteiger partial charge in [0.05, 0.1) is 23.9 Å². The van der Waals surface area contributed by atoms with E-state index in [9.17, 15) is 4.79 Å². The number of methoxy groups -OCH3 is 1. The molecule has 2 rings (SSSR count). The minimum Gasteiger partial charge on any atom is -0.489 e. The molecule has 0 fully saturated rings. The van der Waals surface area contributed by atoms with E-state index in [1.807, 2.05) is 19.9 Å². The molecule has 0 radical (unpaired) electrons. The Bertz CT molecular complexity index is 676. The van der Waals surface area contributed by atoms with Gasteiger partial charge in [0.25, 0.3) is 0 Å². The summed E-state index contributed by atoms with van der Waals surface area (Å²) >= 11 is 6.25. The Balaban J connectivity index is 2.30. The molecule has 6 heteroatoms. The number of benzene rings is 1. The second-order valence-electron chi connectivity index (χ2n) is 4.76. The third-order valence-electron chi connectivity index (χ3n) is 3.19. The molecular weight excluding hydrogens is 304 g/mol. The molecule has 0 aliphatic heterocycles. The van der Waals surface area contributed by atoms with Crippen LogP contribution in [0, 0.1) is 0 Å². The molecule has 1 aromatic carbocycles. The van der Waals surface area contributed by atoms with Crippen LogP contribution in [-0.2, 0) is 4.74 Å². The predicted molar refractivity (Wildman–Crippen MR) is 84.2 cm³/mol. The summed E-state index contributed by atoms with van der Waals surface area (Å²) in [4.78, 5) is 19.6. The van der Waals surface area contributed by atoms with Gasteiger partial charge in [-0.25, -0.2) is 14.8 Å². The van der Waals surface area contributed by atoms with E-state index in [0.29, 0.717) is 16.5 Å². The van der Waals surface area contributed by atoms with Crippen molar-refractivity contribution in [3.8, 4) is 17.0 Å². The SMILES string of the molecule is CCC(C)Oc1ccc(-c2cc(C(=O)OC)ncn2)cc1Cl. The maximum atomic E-state index is 11.5. The number of carbonyl (C=O) groups excluding carboxylic acids is 1. The van der Waals surface area contributed by atoms with Crippen molar-refractivity contribution in [1.82, 2.24) is 9.97 Å². The zero-order valence-electron chi connectivity index (χ0n) is 12.7. The number of ether oxygens (including phenoxy) is 2. The van der Waals surface area contributed by atoms with Crippen LogP contribution in [0.15, 0.2) is 30.6 Å². The number of halogens is 1. The van der Waals surface area contributed by atoms with E-state index >= 15 is 0 Å². The fourth-order valence-corrected chi connectivity index (χ4v) is 2.01. The van der Waals surface area contributed by atoms with Gasteiger partial charge in [-0.05, 0) is 37.6 Å². The van der Waals surface area contributed by atoms with Gasteiger partial charge in [0.1, 0.15) is 12.1 Å². The number of carbonyl (C=O) groups is 1. The molecule has 0 saturated carbocycles.